The molecule has 1 amide bonds. The first-order valence-electron chi connectivity index (χ1n) is 10.3. The molecular formula is C23H23ClFN3O4S. The number of morpholine rings is 1. The number of carbonyl (C=O) groups excluding carboxylic acids is 1. The number of carbonyl (C=O) groups is 1. The Bertz CT molecular complexity index is 1300. The summed E-state index contributed by atoms with van der Waals surface area (Å²) in [5.41, 5.74) is 2.77. The summed E-state index contributed by atoms with van der Waals surface area (Å²) in [5, 5.41) is 2.95. The van der Waals surface area contributed by atoms with Gasteiger partial charge in [-0.15, -0.1) is 0 Å². The predicted octanol–water partition coefficient (Wildman–Crippen LogP) is 4.16. The molecule has 3 aromatic rings. The Morgan fingerprint density at radius 2 is 1.73 bits per heavy atom. The lowest BCUT2D eigenvalue weighted by molar-refractivity contribution is 0.0730. The Balaban J connectivity index is 1.62. The molecule has 1 N–H and O–H groups in total. The summed E-state index contributed by atoms with van der Waals surface area (Å²) in [6.07, 6.45) is 0. The van der Waals surface area contributed by atoms with Gasteiger partial charge in [-0.3, -0.25) is 4.79 Å². The SMILES string of the molecule is Cc1cc(C(=O)Nc2cc(S(=O)(=O)N3CCOCC3)ccc2Cl)c(C)n1-c1ccc(F)cc1. The number of nitrogens with one attached hydrogen (secondary N) is 1. The predicted molar refractivity (Wildman–Crippen MR) is 124 cm³/mol. The largest absolute Gasteiger partial charge is 0.379 e. The van der Waals surface area contributed by atoms with Gasteiger partial charge in [0.25, 0.3) is 5.91 Å². The Morgan fingerprint density at radius 1 is 1.06 bits per heavy atom. The van der Waals surface area contributed by atoms with Crippen molar-refractivity contribution in [2.45, 2.75) is 18.7 Å². The van der Waals surface area contributed by atoms with Gasteiger partial charge in [-0.2, -0.15) is 4.31 Å². The van der Waals surface area contributed by atoms with Gasteiger partial charge in [0.05, 0.1) is 34.4 Å². The summed E-state index contributed by atoms with van der Waals surface area (Å²) in [6.45, 7) is 4.83. The van der Waals surface area contributed by atoms with Crippen LogP contribution in [-0.2, 0) is 14.8 Å². The van der Waals surface area contributed by atoms with Crippen LogP contribution in [0.15, 0.2) is 53.4 Å². The summed E-state index contributed by atoms with van der Waals surface area (Å²) < 4.78 is 47.7. The molecule has 2 aromatic carbocycles. The molecule has 2 heterocycles. The number of ether oxygens (including phenoxy) is 1. The van der Waals surface area contributed by atoms with Crippen LogP contribution in [0.5, 0.6) is 0 Å². The molecule has 0 bridgehead atoms. The molecule has 7 nitrogen and oxygen atoms in total. The van der Waals surface area contributed by atoms with Crippen molar-refractivity contribution in [3.05, 3.63) is 76.3 Å². The number of amides is 1. The first kappa shape index (κ1) is 23.4. The molecule has 0 unspecified atom stereocenters. The second-order valence-electron chi connectivity index (χ2n) is 7.71. The summed E-state index contributed by atoms with van der Waals surface area (Å²) in [5.74, 6) is -0.778. The van der Waals surface area contributed by atoms with Crippen molar-refractivity contribution < 1.29 is 22.3 Å². The van der Waals surface area contributed by atoms with Crippen molar-refractivity contribution in [3.8, 4) is 5.69 Å². The van der Waals surface area contributed by atoms with Crippen LogP contribution in [0.25, 0.3) is 5.69 Å². The normalized spacial score (nSPS) is 14.9. The molecule has 0 spiro atoms. The lowest BCUT2D eigenvalue weighted by Crippen LogP contribution is -2.40. The Hall–Kier alpha value is -2.72. The number of sulfonamides is 1. The number of halogens is 2. The molecule has 0 saturated carbocycles. The number of rotatable bonds is 5. The van der Waals surface area contributed by atoms with Gasteiger partial charge in [0.15, 0.2) is 0 Å². The average Bonchev–Trinajstić information content (AvgIpc) is 3.10. The molecule has 1 aliphatic rings. The third kappa shape index (κ3) is 4.67. The lowest BCUT2D eigenvalue weighted by atomic mass is 10.2. The standard InChI is InChI=1S/C23H23ClFN3O4S/c1-15-13-20(16(2)28(15)18-5-3-17(25)4-6-18)23(29)26-22-14-19(7-8-21(22)24)33(30,31)27-9-11-32-12-10-27/h3-8,13-14H,9-12H2,1-2H3,(H,26,29). The number of aromatic nitrogens is 1. The van der Waals surface area contributed by atoms with Crippen molar-refractivity contribution in [2.75, 3.05) is 31.6 Å². The third-order valence-electron chi connectivity index (χ3n) is 5.55. The number of aryl methyl sites for hydroxylation is 1. The van der Waals surface area contributed by atoms with E-state index in [1.54, 1.807) is 25.1 Å². The van der Waals surface area contributed by atoms with Crippen LogP contribution < -0.4 is 5.32 Å². The van der Waals surface area contributed by atoms with E-state index in [9.17, 15) is 17.6 Å². The monoisotopic (exact) mass is 491 g/mol. The first-order valence-corrected chi connectivity index (χ1v) is 12.1. The molecule has 10 heteroatoms. The van der Waals surface area contributed by atoms with Gasteiger partial charge in [-0.05, 0) is 62.4 Å². The minimum Gasteiger partial charge on any atom is -0.379 e. The van der Waals surface area contributed by atoms with Gasteiger partial charge in [0.1, 0.15) is 5.82 Å². The average molecular weight is 492 g/mol. The van der Waals surface area contributed by atoms with Crippen LogP contribution in [0, 0.1) is 19.7 Å². The molecule has 174 valence electrons. The molecule has 1 fully saturated rings. The highest BCUT2D eigenvalue weighted by molar-refractivity contribution is 7.89. The second kappa shape index (κ2) is 9.26. The molecule has 0 radical (unpaired) electrons. The number of hydrogen-bond acceptors (Lipinski definition) is 4. The fraction of sp³-hybridized carbons (Fsp3) is 0.261. The minimum atomic E-state index is -3.74. The van der Waals surface area contributed by atoms with Gasteiger partial charge in [0, 0.05) is 30.2 Å². The first-order chi connectivity index (χ1) is 15.7. The smallest absolute Gasteiger partial charge is 0.257 e. The number of nitrogens with zero attached hydrogens (tertiary/aromatic N) is 2. The summed E-state index contributed by atoms with van der Waals surface area (Å²) >= 11 is 6.27. The maximum Gasteiger partial charge on any atom is 0.257 e. The highest BCUT2D eigenvalue weighted by atomic mass is 35.5. The number of benzene rings is 2. The fourth-order valence-corrected chi connectivity index (χ4v) is 5.47. The number of hydrogen-bond donors (Lipinski definition) is 1. The van der Waals surface area contributed by atoms with Gasteiger partial charge >= 0.3 is 0 Å². The highest BCUT2D eigenvalue weighted by Crippen LogP contribution is 2.29. The van der Waals surface area contributed by atoms with Gasteiger partial charge in [-0.1, -0.05) is 11.6 Å². The van der Waals surface area contributed by atoms with Crippen LogP contribution in [0.4, 0.5) is 10.1 Å². The molecule has 33 heavy (non-hydrogen) atoms. The van der Waals surface area contributed by atoms with Crippen molar-refractivity contribution >= 4 is 33.2 Å². The molecule has 4 rings (SSSR count). The van der Waals surface area contributed by atoms with Crippen LogP contribution in [-0.4, -0.2) is 49.5 Å². The second-order valence-corrected chi connectivity index (χ2v) is 10.1. The van der Waals surface area contributed by atoms with E-state index in [0.29, 0.717) is 24.5 Å². The molecule has 1 aliphatic heterocycles. The van der Waals surface area contributed by atoms with E-state index in [4.69, 9.17) is 16.3 Å². The van der Waals surface area contributed by atoms with E-state index in [1.807, 2.05) is 11.5 Å². The van der Waals surface area contributed by atoms with Gasteiger partial charge in [0.2, 0.25) is 10.0 Å². The molecule has 1 aromatic heterocycles. The lowest BCUT2D eigenvalue weighted by Gasteiger charge is -2.26. The highest BCUT2D eigenvalue weighted by Gasteiger charge is 2.27. The van der Waals surface area contributed by atoms with Crippen LogP contribution in [0.1, 0.15) is 21.7 Å². The summed E-state index contributed by atoms with van der Waals surface area (Å²) in [7, 11) is -3.74. The maximum atomic E-state index is 13.3. The zero-order valence-corrected chi connectivity index (χ0v) is 19.7. The Kier molecular flexibility index (Phi) is 6.58. The molecular weight excluding hydrogens is 469 g/mol. The molecule has 0 aliphatic carbocycles. The minimum absolute atomic E-state index is 0.0425. The van der Waals surface area contributed by atoms with E-state index in [-0.39, 0.29) is 34.5 Å². The third-order valence-corrected chi connectivity index (χ3v) is 7.78. The van der Waals surface area contributed by atoms with E-state index in [2.05, 4.69) is 5.32 Å². The fourth-order valence-electron chi connectivity index (χ4n) is 3.87. The quantitative estimate of drug-likeness (QED) is 0.581. The van der Waals surface area contributed by atoms with E-state index < -0.39 is 15.9 Å². The van der Waals surface area contributed by atoms with Crippen LogP contribution in [0.2, 0.25) is 5.02 Å². The van der Waals surface area contributed by atoms with Crippen molar-refractivity contribution in [2.24, 2.45) is 0 Å². The van der Waals surface area contributed by atoms with Crippen LogP contribution in [0.3, 0.4) is 0 Å². The van der Waals surface area contributed by atoms with E-state index in [1.165, 1.54) is 34.6 Å². The summed E-state index contributed by atoms with van der Waals surface area (Å²) in [4.78, 5) is 13.1. The van der Waals surface area contributed by atoms with E-state index in [0.717, 1.165) is 11.4 Å². The zero-order valence-electron chi connectivity index (χ0n) is 18.1. The zero-order chi connectivity index (χ0) is 23.8. The van der Waals surface area contributed by atoms with Crippen LogP contribution >= 0.6 is 11.6 Å². The summed E-state index contributed by atoms with van der Waals surface area (Å²) in [6, 6.07) is 11.9. The maximum absolute atomic E-state index is 13.3. The van der Waals surface area contributed by atoms with Gasteiger partial charge in [-0.25, -0.2) is 12.8 Å². The molecule has 1 saturated heterocycles. The Morgan fingerprint density at radius 3 is 2.39 bits per heavy atom. The van der Waals surface area contributed by atoms with E-state index >= 15 is 0 Å². The topological polar surface area (TPSA) is 80.6 Å². The van der Waals surface area contributed by atoms with Crippen molar-refractivity contribution in [1.82, 2.24) is 8.87 Å². The van der Waals surface area contributed by atoms with Crippen molar-refractivity contribution in [1.29, 1.82) is 0 Å². The molecule has 0 atom stereocenters. The Labute approximate surface area is 196 Å². The number of anilines is 1. The van der Waals surface area contributed by atoms with Gasteiger partial charge < -0.3 is 14.6 Å². The van der Waals surface area contributed by atoms with Crippen molar-refractivity contribution in [3.63, 3.8) is 0 Å².